The minimum Gasteiger partial charge on any atom is -0.324 e. The molecule has 5 nitrogen and oxygen atoms in total. The molecule has 2 aromatic carbocycles. The first-order valence-electron chi connectivity index (χ1n) is 8.04. The van der Waals surface area contributed by atoms with Crippen LogP contribution in [-0.4, -0.2) is 22.9 Å². The van der Waals surface area contributed by atoms with Crippen molar-refractivity contribution in [3.63, 3.8) is 0 Å². The Hall–Kier alpha value is -3.21. The Bertz CT molecular complexity index is 856. The molecule has 126 valence electrons. The van der Waals surface area contributed by atoms with Gasteiger partial charge in [0.25, 0.3) is 5.91 Å². The van der Waals surface area contributed by atoms with Crippen LogP contribution in [0.2, 0.25) is 0 Å². The Morgan fingerprint density at radius 1 is 0.920 bits per heavy atom. The fourth-order valence-electron chi connectivity index (χ4n) is 2.59. The Morgan fingerprint density at radius 2 is 1.52 bits per heavy atom. The van der Waals surface area contributed by atoms with Crippen molar-refractivity contribution in [2.45, 2.75) is 13.8 Å². The topological polar surface area (TPSA) is 58.1 Å². The van der Waals surface area contributed by atoms with Gasteiger partial charge in [-0.3, -0.25) is 4.79 Å². The van der Waals surface area contributed by atoms with E-state index in [0.29, 0.717) is 11.5 Å². The van der Waals surface area contributed by atoms with E-state index < -0.39 is 0 Å². The van der Waals surface area contributed by atoms with Crippen molar-refractivity contribution in [1.82, 2.24) is 9.97 Å². The molecule has 5 heteroatoms. The van der Waals surface area contributed by atoms with Crippen molar-refractivity contribution in [3.8, 4) is 0 Å². The summed E-state index contributed by atoms with van der Waals surface area (Å²) in [6, 6.07) is 15.5. The van der Waals surface area contributed by atoms with Gasteiger partial charge in [-0.2, -0.15) is 0 Å². The van der Waals surface area contributed by atoms with Crippen molar-refractivity contribution in [1.29, 1.82) is 0 Å². The molecule has 0 saturated carbocycles. The maximum atomic E-state index is 12.5. The van der Waals surface area contributed by atoms with Crippen molar-refractivity contribution >= 4 is 23.2 Å². The molecule has 1 amide bonds. The summed E-state index contributed by atoms with van der Waals surface area (Å²) in [7, 11) is 1.74. The molecule has 1 N–H and O–H groups in total. The van der Waals surface area contributed by atoms with Crippen LogP contribution in [0.25, 0.3) is 0 Å². The van der Waals surface area contributed by atoms with Gasteiger partial charge in [-0.05, 0) is 37.1 Å². The molecule has 25 heavy (non-hydrogen) atoms. The Morgan fingerprint density at radius 3 is 2.12 bits per heavy atom. The molecular formula is C20H20N4O. The third-order valence-corrected chi connectivity index (χ3v) is 4.06. The average Bonchev–Trinajstić information content (AvgIpc) is 2.65. The smallest absolute Gasteiger partial charge is 0.261 e. The lowest BCUT2D eigenvalue weighted by Crippen LogP contribution is -2.26. The van der Waals surface area contributed by atoms with Crippen molar-refractivity contribution in [3.05, 3.63) is 77.6 Å². The SMILES string of the molecule is Cc1cccc(C)c1Nc1ncc(C(=O)N(C)c2ccccc2)cn1. The van der Waals surface area contributed by atoms with E-state index in [4.69, 9.17) is 0 Å². The molecule has 0 bridgehead atoms. The summed E-state index contributed by atoms with van der Waals surface area (Å²) in [4.78, 5) is 22.7. The van der Waals surface area contributed by atoms with Gasteiger partial charge in [-0.15, -0.1) is 0 Å². The van der Waals surface area contributed by atoms with E-state index >= 15 is 0 Å². The number of hydrogen-bond acceptors (Lipinski definition) is 4. The van der Waals surface area contributed by atoms with Crippen LogP contribution in [-0.2, 0) is 0 Å². The predicted octanol–water partition coefficient (Wildman–Crippen LogP) is 4.11. The number of nitrogens with one attached hydrogen (secondary N) is 1. The van der Waals surface area contributed by atoms with E-state index in [1.165, 1.54) is 0 Å². The fraction of sp³-hybridized carbons (Fsp3) is 0.150. The molecule has 1 aromatic heterocycles. The highest BCUT2D eigenvalue weighted by molar-refractivity contribution is 6.05. The number of nitrogens with zero attached hydrogens (tertiary/aromatic N) is 3. The molecule has 0 unspecified atom stereocenters. The number of amides is 1. The first-order valence-corrected chi connectivity index (χ1v) is 8.04. The summed E-state index contributed by atoms with van der Waals surface area (Å²) in [5, 5.41) is 3.22. The third-order valence-electron chi connectivity index (χ3n) is 4.06. The zero-order chi connectivity index (χ0) is 17.8. The minimum atomic E-state index is -0.148. The lowest BCUT2D eigenvalue weighted by Gasteiger charge is -2.17. The summed E-state index contributed by atoms with van der Waals surface area (Å²) in [6.07, 6.45) is 3.09. The van der Waals surface area contributed by atoms with Gasteiger partial charge in [-0.25, -0.2) is 9.97 Å². The first-order chi connectivity index (χ1) is 12.1. The number of benzene rings is 2. The largest absolute Gasteiger partial charge is 0.324 e. The molecule has 0 fully saturated rings. The number of para-hydroxylation sites is 2. The van der Waals surface area contributed by atoms with Crippen LogP contribution >= 0.6 is 0 Å². The number of hydrogen-bond donors (Lipinski definition) is 1. The molecule has 1 heterocycles. The number of aryl methyl sites for hydroxylation is 2. The maximum absolute atomic E-state index is 12.5. The molecule has 0 spiro atoms. The zero-order valence-electron chi connectivity index (χ0n) is 14.5. The Balaban J connectivity index is 1.77. The molecule has 0 saturated heterocycles. The molecule has 0 aliphatic heterocycles. The summed E-state index contributed by atoms with van der Waals surface area (Å²) in [5.41, 5.74) is 4.49. The highest BCUT2D eigenvalue weighted by atomic mass is 16.2. The van der Waals surface area contributed by atoms with E-state index in [0.717, 1.165) is 22.5 Å². The van der Waals surface area contributed by atoms with E-state index in [9.17, 15) is 4.79 Å². The van der Waals surface area contributed by atoms with Crippen molar-refractivity contribution in [2.24, 2.45) is 0 Å². The fourth-order valence-corrected chi connectivity index (χ4v) is 2.59. The lowest BCUT2D eigenvalue weighted by molar-refractivity contribution is 0.0992. The van der Waals surface area contributed by atoms with Gasteiger partial charge in [-0.1, -0.05) is 36.4 Å². The van der Waals surface area contributed by atoms with Gasteiger partial charge in [0.1, 0.15) is 0 Å². The number of rotatable bonds is 4. The van der Waals surface area contributed by atoms with Crippen LogP contribution in [0.15, 0.2) is 60.9 Å². The van der Waals surface area contributed by atoms with Crippen molar-refractivity contribution in [2.75, 3.05) is 17.3 Å². The number of aromatic nitrogens is 2. The highest BCUT2D eigenvalue weighted by Crippen LogP contribution is 2.22. The molecule has 3 rings (SSSR count). The molecule has 0 aliphatic rings. The molecule has 3 aromatic rings. The van der Waals surface area contributed by atoms with Crippen LogP contribution in [0.4, 0.5) is 17.3 Å². The van der Waals surface area contributed by atoms with Gasteiger partial charge in [0.05, 0.1) is 5.56 Å². The normalized spacial score (nSPS) is 10.4. The summed E-state index contributed by atoms with van der Waals surface area (Å²) < 4.78 is 0. The second kappa shape index (κ2) is 7.13. The van der Waals surface area contributed by atoms with Gasteiger partial charge in [0.2, 0.25) is 5.95 Å². The Labute approximate surface area is 147 Å². The van der Waals surface area contributed by atoms with Crippen LogP contribution < -0.4 is 10.2 Å². The Kier molecular flexibility index (Phi) is 4.75. The second-order valence-electron chi connectivity index (χ2n) is 5.89. The highest BCUT2D eigenvalue weighted by Gasteiger charge is 2.14. The summed E-state index contributed by atoms with van der Waals surface area (Å²) in [6.45, 7) is 4.06. The van der Waals surface area contributed by atoms with Crippen LogP contribution in [0.5, 0.6) is 0 Å². The first kappa shape index (κ1) is 16.6. The molecule has 0 aliphatic carbocycles. The quantitative estimate of drug-likeness (QED) is 0.781. The van der Waals surface area contributed by atoms with Crippen molar-refractivity contribution < 1.29 is 4.79 Å². The predicted molar refractivity (Wildman–Crippen MR) is 100 cm³/mol. The number of carbonyl (C=O) groups is 1. The maximum Gasteiger partial charge on any atom is 0.261 e. The molecule has 0 atom stereocenters. The van der Waals surface area contributed by atoms with E-state index in [1.807, 2.05) is 62.4 Å². The van der Waals surface area contributed by atoms with Gasteiger partial charge >= 0.3 is 0 Å². The van der Waals surface area contributed by atoms with Gasteiger partial charge in [0.15, 0.2) is 0 Å². The number of anilines is 3. The lowest BCUT2D eigenvalue weighted by atomic mass is 10.1. The third kappa shape index (κ3) is 3.66. The molecule has 0 radical (unpaired) electrons. The monoisotopic (exact) mass is 332 g/mol. The zero-order valence-corrected chi connectivity index (χ0v) is 14.5. The van der Waals surface area contributed by atoms with Gasteiger partial charge in [0, 0.05) is 30.8 Å². The minimum absolute atomic E-state index is 0.148. The molecular weight excluding hydrogens is 312 g/mol. The summed E-state index contributed by atoms with van der Waals surface area (Å²) >= 11 is 0. The van der Waals surface area contributed by atoms with E-state index in [2.05, 4.69) is 15.3 Å². The number of carbonyl (C=O) groups excluding carboxylic acids is 1. The van der Waals surface area contributed by atoms with Crippen LogP contribution in [0, 0.1) is 13.8 Å². The van der Waals surface area contributed by atoms with Crippen LogP contribution in [0.1, 0.15) is 21.5 Å². The second-order valence-corrected chi connectivity index (χ2v) is 5.89. The standard InChI is InChI=1S/C20H20N4O/c1-14-8-7-9-15(2)18(14)23-20-21-12-16(13-22-20)19(25)24(3)17-10-5-4-6-11-17/h4-13H,1-3H3,(H,21,22,23). The van der Waals surface area contributed by atoms with E-state index in [1.54, 1.807) is 24.3 Å². The van der Waals surface area contributed by atoms with Crippen LogP contribution in [0.3, 0.4) is 0 Å². The summed E-state index contributed by atoms with van der Waals surface area (Å²) in [5.74, 6) is 0.320. The van der Waals surface area contributed by atoms with E-state index in [-0.39, 0.29) is 5.91 Å². The van der Waals surface area contributed by atoms with Gasteiger partial charge < -0.3 is 10.2 Å². The average molecular weight is 332 g/mol.